The van der Waals surface area contributed by atoms with Gasteiger partial charge in [0.05, 0.1) is 10.7 Å². The van der Waals surface area contributed by atoms with E-state index in [2.05, 4.69) is 9.88 Å². The summed E-state index contributed by atoms with van der Waals surface area (Å²) in [6.07, 6.45) is 1.77. The van der Waals surface area contributed by atoms with Crippen LogP contribution in [-0.2, 0) is 16.6 Å². The monoisotopic (exact) mass is 413 g/mol. The summed E-state index contributed by atoms with van der Waals surface area (Å²) in [7, 11) is -3.69. The number of nitrogens with zero attached hydrogens (tertiary/aromatic N) is 3. The summed E-state index contributed by atoms with van der Waals surface area (Å²) in [4.78, 5) is 6.65. The minimum atomic E-state index is -3.69. The summed E-state index contributed by atoms with van der Waals surface area (Å²) in [5.41, 5.74) is 2.14. The van der Waals surface area contributed by atoms with E-state index in [1.807, 2.05) is 18.2 Å². The van der Waals surface area contributed by atoms with Crippen molar-refractivity contribution in [2.45, 2.75) is 25.3 Å². The molecule has 5 nitrogen and oxygen atoms in total. The number of benzene rings is 1. The molecular formula is C18H21Cl2N3O2S. The largest absolute Gasteiger partial charge is 0.295 e. The lowest BCUT2D eigenvalue weighted by molar-refractivity contribution is 0.180. The maximum Gasteiger partial charge on any atom is 0.244 e. The fourth-order valence-corrected chi connectivity index (χ4v) is 5.69. The molecule has 0 saturated carbocycles. The van der Waals surface area contributed by atoms with Crippen molar-refractivity contribution < 1.29 is 8.42 Å². The summed E-state index contributed by atoms with van der Waals surface area (Å²) in [5.74, 6) is 0. The molecule has 1 aliphatic rings. The van der Waals surface area contributed by atoms with Gasteiger partial charge in [0.1, 0.15) is 4.90 Å². The molecule has 140 valence electrons. The summed E-state index contributed by atoms with van der Waals surface area (Å²) < 4.78 is 27.8. The van der Waals surface area contributed by atoms with Crippen LogP contribution in [0.3, 0.4) is 0 Å². The van der Waals surface area contributed by atoms with Crippen LogP contribution in [0, 0.1) is 13.8 Å². The third-order valence-corrected chi connectivity index (χ3v) is 7.69. The van der Waals surface area contributed by atoms with Crippen LogP contribution in [-0.4, -0.2) is 48.8 Å². The molecule has 2 aromatic rings. The van der Waals surface area contributed by atoms with Crippen LogP contribution < -0.4 is 0 Å². The molecule has 2 heterocycles. The van der Waals surface area contributed by atoms with Crippen molar-refractivity contribution in [3.8, 4) is 0 Å². The number of hydrogen-bond donors (Lipinski definition) is 0. The lowest BCUT2D eigenvalue weighted by Gasteiger charge is -2.34. The summed E-state index contributed by atoms with van der Waals surface area (Å²) in [6, 6.07) is 7.51. The van der Waals surface area contributed by atoms with Gasteiger partial charge in [-0.25, -0.2) is 8.42 Å². The quantitative estimate of drug-likeness (QED) is 0.769. The van der Waals surface area contributed by atoms with Gasteiger partial charge < -0.3 is 0 Å². The highest BCUT2D eigenvalue weighted by Crippen LogP contribution is 2.35. The third kappa shape index (κ3) is 3.89. The first-order valence-corrected chi connectivity index (χ1v) is 10.6. The smallest absolute Gasteiger partial charge is 0.244 e. The molecule has 0 N–H and O–H groups in total. The third-order valence-electron chi connectivity index (χ3n) is 4.63. The molecule has 3 rings (SSSR count). The van der Waals surface area contributed by atoms with Crippen LogP contribution in [0.4, 0.5) is 0 Å². The Hall–Kier alpha value is -1.18. The average molecular weight is 414 g/mol. The maximum atomic E-state index is 13.2. The predicted molar refractivity (Wildman–Crippen MR) is 104 cm³/mol. The fourth-order valence-electron chi connectivity index (χ4n) is 3.10. The van der Waals surface area contributed by atoms with Gasteiger partial charge in [0.25, 0.3) is 0 Å². The van der Waals surface area contributed by atoms with E-state index in [1.165, 1.54) is 4.31 Å². The van der Waals surface area contributed by atoms with E-state index in [0.717, 1.165) is 5.69 Å². The number of sulfonamides is 1. The molecule has 0 radical (unpaired) electrons. The Labute approximate surface area is 164 Å². The van der Waals surface area contributed by atoms with Gasteiger partial charge in [0.15, 0.2) is 0 Å². The Morgan fingerprint density at radius 1 is 1.12 bits per heavy atom. The molecule has 1 aliphatic heterocycles. The van der Waals surface area contributed by atoms with Crippen molar-refractivity contribution in [3.63, 3.8) is 0 Å². The Morgan fingerprint density at radius 2 is 1.81 bits per heavy atom. The van der Waals surface area contributed by atoms with Crippen LogP contribution in [0.25, 0.3) is 0 Å². The van der Waals surface area contributed by atoms with E-state index in [1.54, 1.807) is 26.1 Å². The first kappa shape index (κ1) is 19.6. The normalized spacial score (nSPS) is 16.8. The second kappa shape index (κ2) is 7.82. The first-order valence-electron chi connectivity index (χ1n) is 8.38. The first-order chi connectivity index (χ1) is 12.3. The van der Waals surface area contributed by atoms with Crippen LogP contribution in [0.5, 0.6) is 0 Å². The molecule has 1 fully saturated rings. The summed E-state index contributed by atoms with van der Waals surface area (Å²) >= 11 is 12.5. The van der Waals surface area contributed by atoms with Gasteiger partial charge in [0, 0.05) is 43.9 Å². The zero-order chi connectivity index (χ0) is 18.9. The summed E-state index contributed by atoms with van der Waals surface area (Å²) in [5, 5.41) is 0.669. The van der Waals surface area contributed by atoms with Gasteiger partial charge in [-0.05, 0) is 43.2 Å². The van der Waals surface area contributed by atoms with Gasteiger partial charge in [-0.15, -0.1) is 0 Å². The molecule has 1 aromatic heterocycles. The zero-order valence-corrected chi connectivity index (χ0v) is 17.1. The van der Waals surface area contributed by atoms with E-state index < -0.39 is 10.0 Å². The Kier molecular flexibility index (Phi) is 5.89. The molecule has 0 spiro atoms. The van der Waals surface area contributed by atoms with E-state index in [4.69, 9.17) is 23.2 Å². The number of aromatic nitrogens is 1. The number of hydrogen-bond acceptors (Lipinski definition) is 4. The minimum absolute atomic E-state index is 0.127. The standard InChI is InChI=1S/C18H21Cl2N3O2S/c1-13-11-16(19)14(2)18(17(13)20)26(24,25)23-9-7-22(8-10-23)12-15-5-3-4-6-21-15/h3-6,11H,7-10,12H2,1-2H3. The van der Waals surface area contributed by atoms with Crippen molar-refractivity contribution in [1.82, 2.24) is 14.2 Å². The van der Waals surface area contributed by atoms with Gasteiger partial charge >= 0.3 is 0 Å². The van der Waals surface area contributed by atoms with Crippen molar-refractivity contribution >= 4 is 33.2 Å². The van der Waals surface area contributed by atoms with Crippen LogP contribution in [0.2, 0.25) is 10.0 Å². The SMILES string of the molecule is Cc1cc(Cl)c(C)c(S(=O)(=O)N2CCN(Cc3ccccn3)CC2)c1Cl. The van der Waals surface area contributed by atoms with Gasteiger partial charge in [-0.3, -0.25) is 9.88 Å². The average Bonchev–Trinajstić information content (AvgIpc) is 2.61. The van der Waals surface area contributed by atoms with Crippen LogP contribution >= 0.6 is 23.2 Å². The van der Waals surface area contributed by atoms with E-state index in [-0.39, 0.29) is 9.92 Å². The molecule has 0 unspecified atom stereocenters. The minimum Gasteiger partial charge on any atom is -0.295 e. The molecule has 0 bridgehead atoms. The number of rotatable bonds is 4. The molecule has 0 atom stereocenters. The number of aryl methyl sites for hydroxylation is 1. The van der Waals surface area contributed by atoms with Crippen molar-refractivity contribution in [2.24, 2.45) is 0 Å². The van der Waals surface area contributed by atoms with Crippen molar-refractivity contribution in [3.05, 3.63) is 57.3 Å². The molecule has 26 heavy (non-hydrogen) atoms. The molecule has 1 aromatic carbocycles. The number of pyridine rings is 1. The fraction of sp³-hybridized carbons (Fsp3) is 0.389. The maximum absolute atomic E-state index is 13.2. The molecule has 1 saturated heterocycles. The summed E-state index contributed by atoms with van der Waals surface area (Å²) in [6.45, 7) is 6.28. The van der Waals surface area contributed by atoms with Gasteiger partial charge in [-0.1, -0.05) is 29.3 Å². The Bertz CT molecular complexity index is 870. The molecule has 8 heteroatoms. The highest BCUT2D eigenvalue weighted by Gasteiger charge is 2.32. The number of halogens is 2. The van der Waals surface area contributed by atoms with Gasteiger partial charge in [0.2, 0.25) is 10.0 Å². The lowest BCUT2D eigenvalue weighted by Crippen LogP contribution is -2.48. The Morgan fingerprint density at radius 3 is 2.42 bits per heavy atom. The predicted octanol–water partition coefficient (Wildman–Crippen LogP) is 3.51. The Balaban J connectivity index is 1.77. The van der Waals surface area contributed by atoms with E-state index >= 15 is 0 Å². The lowest BCUT2D eigenvalue weighted by atomic mass is 10.2. The van der Waals surface area contributed by atoms with Gasteiger partial charge in [-0.2, -0.15) is 4.31 Å². The zero-order valence-electron chi connectivity index (χ0n) is 14.7. The second-order valence-corrected chi connectivity index (χ2v) is 9.10. The number of piperazine rings is 1. The van der Waals surface area contributed by atoms with Crippen molar-refractivity contribution in [2.75, 3.05) is 26.2 Å². The highest BCUT2D eigenvalue weighted by atomic mass is 35.5. The van der Waals surface area contributed by atoms with Crippen LogP contribution in [0.1, 0.15) is 16.8 Å². The topological polar surface area (TPSA) is 53.5 Å². The molecular weight excluding hydrogens is 393 g/mol. The van der Waals surface area contributed by atoms with E-state index in [0.29, 0.717) is 48.9 Å². The van der Waals surface area contributed by atoms with Crippen molar-refractivity contribution in [1.29, 1.82) is 0 Å². The van der Waals surface area contributed by atoms with E-state index in [9.17, 15) is 8.42 Å². The molecule has 0 amide bonds. The van der Waals surface area contributed by atoms with Crippen LogP contribution in [0.15, 0.2) is 35.4 Å². The highest BCUT2D eigenvalue weighted by molar-refractivity contribution is 7.89. The second-order valence-electron chi connectivity index (χ2n) is 6.44. The molecule has 0 aliphatic carbocycles.